The van der Waals surface area contributed by atoms with Crippen LogP contribution in [-0.4, -0.2) is 11.8 Å². The van der Waals surface area contributed by atoms with Gasteiger partial charge in [-0.05, 0) is 146 Å². The van der Waals surface area contributed by atoms with Crippen molar-refractivity contribution in [2.24, 2.45) is 0 Å². The Morgan fingerprint density at radius 2 is 1.29 bits per heavy atom. The average molecular weight is 924 g/mol. The van der Waals surface area contributed by atoms with Crippen molar-refractivity contribution in [1.82, 2.24) is 4.57 Å². The minimum absolute atomic E-state index is 0.0637. The van der Waals surface area contributed by atoms with E-state index >= 15 is 0 Å². The number of furan rings is 1. The van der Waals surface area contributed by atoms with Crippen molar-refractivity contribution in [3.63, 3.8) is 0 Å². The smallest absolute Gasteiger partial charge is 0.198 e. The second kappa shape index (κ2) is 14.2. The van der Waals surface area contributed by atoms with Gasteiger partial charge in [-0.2, -0.15) is 0 Å². The molecule has 3 nitrogen and oxygen atoms in total. The van der Waals surface area contributed by atoms with Gasteiger partial charge in [0.15, 0.2) is 7.28 Å². The Balaban J connectivity index is 1.05. The molecular formula is C65H56BN2OS. The molecule has 4 heterocycles. The maximum absolute atomic E-state index is 6.71. The van der Waals surface area contributed by atoms with E-state index in [2.05, 4.69) is 225 Å². The minimum Gasteiger partial charge on any atom is -0.456 e. The maximum atomic E-state index is 6.71. The fraction of sp³-hybridized carbons (Fsp3) is 0.231. The second-order valence-corrected chi connectivity index (χ2v) is 24.6. The highest BCUT2D eigenvalue weighted by molar-refractivity contribution is 7.25. The monoisotopic (exact) mass is 923 g/mol. The summed E-state index contributed by atoms with van der Waals surface area (Å²) in [5.74, 6) is 0.881. The van der Waals surface area contributed by atoms with Crippen molar-refractivity contribution in [1.29, 1.82) is 0 Å². The molecule has 0 bridgehead atoms. The van der Waals surface area contributed by atoms with Crippen LogP contribution in [0.5, 0.6) is 0 Å². The molecule has 0 spiro atoms. The van der Waals surface area contributed by atoms with E-state index in [1.807, 2.05) is 11.3 Å². The topological polar surface area (TPSA) is 30.1 Å². The number of fused-ring (bicyclic) bond motifs is 13. The molecule has 1 aliphatic heterocycles. The van der Waals surface area contributed by atoms with E-state index in [1.54, 1.807) is 0 Å². The lowest BCUT2D eigenvalue weighted by Crippen LogP contribution is -2.37. The molecule has 0 amide bonds. The van der Waals surface area contributed by atoms with E-state index in [1.165, 1.54) is 116 Å². The zero-order valence-electron chi connectivity index (χ0n) is 41.6. The number of hydrogen-bond donors (Lipinski definition) is 1. The molecule has 0 unspecified atom stereocenters. The lowest BCUT2D eigenvalue weighted by Gasteiger charge is -2.41. The van der Waals surface area contributed by atoms with Crippen LogP contribution >= 0.6 is 11.3 Å². The first-order chi connectivity index (χ1) is 33.5. The van der Waals surface area contributed by atoms with Gasteiger partial charge in [-0.3, -0.25) is 0 Å². The number of benzene rings is 8. The fourth-order valence-corrected chi connectivity index (χ4v) is 13.8. The van der Waals surface area contributed by atoms with Crippen LogP contribution in [-0.2, 0) is 21.7 Å². The Morgan fingerprint density at radius 3 is 2.06 bits per heavy atom. The molecule has 3 aliphatic rings. The lowest BCUT2D eigenvalue weighted by atomic mass is 9.59. The summed E-state index contributed by atoms with van der Waals surface area (Å²) in [7, 11) is 2.45. The Morgan fingerprint density at radius 1 is 0.586 bits per heavy atom. The van der Waals surface area contributed by atoms with Crippen molar-refractivity contribution in [3.8, 4) is 39.3 Å². The molecule has 1 N–H and O–H groups in total. The third kappa shape index (κ3) is 6.00. The molecule has 0 fully saturated rings. The van der Waals surface area contributed by atoms with Crippen LogP contribution in [0, 0.1) is 0 Å². The Labute approximate surface area is 415 Å². The first kappa shape index (κ1) is 42.1. The van der Waals surface area contributed by atoms with Crippen molar-refractivity contribution in [3.05, 3.63) is 173 Å². The SMILES string of the molecule is CC(C)(C)c1ccc(Nc2cc3sc4cc5c(cc4c3cc2-c2ccc3c4cc6c(cc4n4c3c2[B]c2cc3oc(-c7ccccc7)cc3cc2-4)-c2ccccc2C6(C)C)C(C)(C)CCC5(C)C)cc1. The second-order valence-electron chi connectivity index (χ2n) is 23.5. The van der Waals surface area contributed by atoms with Crippen LogP contribution in [0.2, 0.25) is 0 Å². The van der Waals surface area contributed by atoms with Crippen molar-refractivity contribution in [2.45, 2.75) is 96.8 Å². The first-order valence-corrected chi connectivity index (χ1v) is 26.0. The number of rotatable bonds is 4. The average Bonchev–Trinajstić information content (AvgIpc) is 4.07. The lowest BCUT2D eigenvalue weighted by molar-refractivity contribution is 0.332. The van der Waals surface area contributed by atoms with Gasteiger partial charge in [0.2, 0.25) is 0 Å². The van der Waals surface area contributed by atoms with Gasteiger partial charge in [0, 0.05) is 75.5 Å². The molecule has 3 aromatic heterocycles. The van der Waals surface area contributed by atoms with Crippen LogP contribution in [0.3, 0.4) is 0 Å². The van der Waals surface area contributed by atoms with Gasteiger partial charge < -0.3 is 14.3 Å². The third-order valence-corrected chi connectivity index (χ3v) is 18.0. The summed E-state index contributed by atoms with van der Waals surface area (Å²) in [6, 6.07) is 55.3. The molecule has 11 aromatic rings. The summed E-state index contributed by atoms with van der Waals surface area (Å²) in [5.41, 5.74) is 22.5. The molecule has 8 aromatic carbocycles. The number of anilines is 2. The largest absolute Gasteiger partial charge is 0.456 e. The van der Waals surface area contributed by atoms with Gasteiger partial charge in [-0.1, -0.05) is 147 Å². The van der Waals surface area contributed by atoms with Crippen molar-refractivity contribution in [2.75, 3.05) is 5.32 Å². The number of aromatic nitrogens is 1. The zero-order valence-corrected chi connectivity index (χ0v) is 42.4. The fourth-order valence-electron chi connectivity index (χ4n) is 12.7. The predicted octanol–water partition coefficient (Wildman–Crippen LogP) is 16.9. The number of nitrogens with one attached hydrogen (secondary N) is 1. The Kier molecular flexibility index (Phi) is 8.52. The predicted molar refractivity (Wildman–Crippen MR) is 301 cm³/mol. The summed E-state index contributed by atoms with van der Waals surface area (Å²) in [4.78, 5) is 0. The normalized spacial score (nSPS) is 16.1. The molecule has 1 radical (unpaired) electrons. The van der Waals surface area contributed by atoms with Crippen LogP contribution < -0.4 is 16.2 Å². The van der Waals surface area contributed by atoms with Crippen molar-refractivity contribution >= 4 is 93.9 Å². The van der Waals surface area contributed by atoms with Crippen LogP contribution in [0.15, 0.2) is 150 Å². The van der Waals surface area contributed by atoms with Crippen LogP contribution in [0.25, 0.3) is 92.2 Å². The van der Waals surface area contributed by atoms with E-state index in [-0.39, 0.29) is 21.7 Å². The van der Waals surface area contributed by atoms with Gasteiger partial charge in [0.05, 0.1) is 5.52 Å². The van der Waals surface area contributed by atoms with E-state index in [9.17, 15) is 0 Å². The van der Waals surface area contributed by atoms with Crippen LogP contribution in [0.1, 0.15) is 103 Å². The molecule has 0 saturated carbocycles. The van der Waals surface area contributed by atoms with E-state index < -0.39 is 0 Å². The quantitative estimate of drug-likeness (QED) is 0.178. The summed E-state index contributed by atoms with van der Waals surface area (Å²) in [5, 5.41) is 10.3. The van der Waals surface area contributed by atoms with Gasteiger partial charge in [0.25, 0.3) is 0 Å². The highest BCUT2D eigenvalue weighted by Gasteiger charge is 2.39. The number of nitrogens with zero attached hydrogens (tertiary/aromatic N) is 1. The van der Waals surface area contributed by atoms with Gasteiger partial charge in [0.1, 0.15) is 11.3 Å². The zero-order chi connectivity index (χ0) is 47.8. The minimum atomic E-state index is -0.118. The number of thiophene rings is 1. The van der Waals surface area contributed by atoms with E-state index in [0.717, 1.165) is 39.1 Å². The van der Waals surface area contributed by atoms with Crippen LogP contribution in [0.4, 0.5) is 11.4 Å². The molecule has 70 heavy (non-hydrogen) atoms. The van der Waals surface area contributed by atoms with Gasteiger partial charge in [-0.25, -0.2) is 0 Å². The summed E-state index contributed by atoms with van der Waals surface area (Å²) >= 11 is 1.93. The highest BCUT2D eigenvalue weighted by atomic mass is 32.1. The Hall–Kier alpha value is -6.82. The summed E-state index contributed by atoms with van der Waals surface area (Å²) in [6.45, 7) is 21.4. The summed E-state index contributed by atoms with van der Waals surface area (Å²) in [6.07, 6.45) is 2.39. The third-order valence-electron chi connectivity index (χ3n) is 16.8. The molecule has 0 saturated heterocycles. The number of hydrogen-bond acceptors (Lipinski definition) is 3. The maximum Gasteiger partial charge on any atom is 0.198 e. The molecular weight excluding hydrogens is 868 g/mol. The molecule has 2 aliphatic carbocycles. The molecule has 14 rings (SSSR count). The highest BCUT2D eigenvalue weighted by Crippen LogP contribution is 2.53. The van der Waals surface area contributed by atoms with E-state index in [4.69, 9.17) is 4.42 Å². The van der Waals surface area contributed by atoms with Crippen molar-refractivity contribution < 1.29 is 4.42 Å². The Bertz CT molecular complexity index is 4060. The molecule has 5 heteroatoms. The standard InChI is InChI=1S/C65H56BN2OS/c1-62(2,3)38-19-21-39(22-20-38)67-53-35-59-46(47-31-50-51(33-58(47)70-59)64(6,7)26-25-63(50,4)5)29-44(53)41-23-24-42-45-30-49-43(40-17-13-14-18-48(40)65(49,8)9)32-54(45)68-55-27-37-28-56(36-15-11-10-12-16-36)69-57(37)34-52(55)66-60(41)61(42)68/h10-24,27-35,67H,25-26H2,1-9H3. The first-order valence-electron chi connectivity index (χ1n) is 25.2. The molecule has 0 atom stereocenters. The van der Waals surface area contributed by atoms with E-state index in [0.29, 0.717) is 0 Å². The summed E-state index contributed by atoms with van der Waals surface area (Å²) < 4.78 is 12.0. The van der Waals surface area contributed by atoms with Gasteiger partial charge in [-0.15, -0.1) is 11.3 Å². The van der Waals surface area contributed by atoms with Gasteiger partial charge >= 0.3 is 0 Å². The molecule has 341 valence electrons.